The summed E-state index contributed by atoms with van der Waals surface area (Å²) in [7, 11) is 0. The van der Waals surface area contributed by atoms with Crippen molar-refractivity contribution in [3.63, 3.8) is 0 Å². The van der Waals surface area contributed by atoms with Gasteiger partial charge < -0.3 is 27.1 Å². The van der Waals surface area contributed by atoms with E-state index in [-0.39, 0.29) is 24.2 Å². The fraction of sp³-hybridized carbons (Fsp3) is 0.423. The zero-order chi connectivity index (χ0) is 27.4. The number of aromatic amines is 2. The molecule has 2 amide bonds. The lowest BCUT2D eigenvalue weighted by molar-refractivity contribution is -0.127. The van der Waals surface area contributed by atoms with Crippen molar-refractivity contribution in [2.24, 2.45) is 17.6 Å². The number of aromatic nitrogens is 5. The Labute approximate surface area is 234 Å². The van der Waals surface area contributed by atoms with Gasteiger partial charge in [-0.3, -0.25) is 14.7 Å². The van der Waals surface area contributed by atoms with Crippen LogP contribution in [-0.2, 0) is 16.0 Å². The van der Waals surface area contributed by atoms with E-state index in [9.17, 15) is 9.59 Å². The van der Waals surface area contributed by atoms with Gasteiger partial charge in [0.25, 0.3) is 0 Å². The number of amides is 2. The molecular weight excluding hydrogens is 538 g/mol. The first kappa shape index (κ1) is 27.1. The van der Waals surface area contributed by atoms with Crippen molar-refractivity contribution in [1.29, 1.82) is 0 Å². The Bertz CT molecular complexity index is 1430. The van der Waals surface area contributed by atoms with Crippen LogP contribution in [0.2, 0.25) is 5.15 Å². The molecule has 11 nitrogen and oxygen atoms in total. The molecule has 1 aromatic carbocycles. The Morgan fingerprint density at radius 2 is 2.05 bits per heavy atom. The number of rotatable bonds is 10. The van der Waals surface area contributed by atoms with Crippen molar-refractivity contribution in [3.8, 4) is 11.3 Å². The molecule has 0 radical (unpaired) electrons. The normalized spacial score (nSPS) is 18.2. The highest BCUT2D eigenvalue weighted by Crippen LogP contribution is 2.32. The van der Waals surface area contributed by atoms with Crippen LogP contribution in [0.5, 0.6) is 0 Å². The number of H-pyrrole nitrogens is 2. The molecule has 0 saturated heterocycles. The highest BCUT2D eigenvalue weighted by molar-refractivity contribution is 7.09. The third-order valence-corrected chi connectivity index (χ3v) is 8.34. The van der Waals surface area contributed by atoms with Crippen LogP contribution in [0.3, 0.4) is 0 Å². The zero-order valence-corrected chi connectivity index (χ0v) is 22.9. The first-order valence-corrected chi connectivity index (χ1v) is 14.3. The van der Waals surface area contributed by atoms with E-state index in [1.54, 1.807) is 6.20 Å². The molecule has 8 N–H and O–H groups in total. The standard InChI is InChI=1S/C26H32ClN9O2S/c27-23-22(16-5-6-17-19(11-16)35-36-24(17)29)33-25(34-23)18(7-8-30-20(37)12-21-31-9-10-39-21)32-26(38)15-3-1-14(13-28)2-4-15/h5-6,9-11,14-15,18H,1-4,7-8,12-13,28H2,(H,30,37)(H,32,38)(H,33,34)(H3,29,35,36). The van der Waals surface area contributed by atoms with Crippen LogP contribution in [0.4, 0.5) is 5.82 Å². The molecule has 1 atom stereocenters. The van der Waals surface area contributed by atoms with E-state index in [0.29, 0.717) is 47.9 Å². The smallest absolute Gasteiger partial charge is 0.226 e. The Balaban J connectivity index is 1.31. The fourth-order valence-corrected chi connectivity index (χ4v) is 5.90. The minimum Gasteiger partial charge on any atom is -0.382 e. The Morgan fingerprint density at radius 3 is 2.79 bits per heavy atom. The number of nitrogens with two attached hydrogens (primary N) is 2. The van der Waals surface area contributed by atoms with Gasteiger partial charge >= 0.3 is 0 Å². The van der Waals surface area contributed by atoms with E-state index >= 15 is 0 Å². The van der Waals surface area contributed by atoms with Crippen LogP contribution in [0.15, 0.2) is 29.8 Å². The Hall–Kier alpha value is -3.48. The second kappa shape index (κ2) is 12.1. The summed E-state index contributed by atoms with van der Waals surface area (Å²) in [6, 6.07) is 5.15. The van der Waals surface area contributed by atoms with Crippen LogP contribution < -0.4 is 22.1 Å². The van der Waals surface area contributed by atoms with Crippen LogP contribution in [-0.4, -0.2) is 50.1 Å². The number of carbonyl (C=O) groups is 2. The van der Waals surface area contributed by atoms with Crippen molar-refractivity contribution < 1.29 is 9.59 Å². The predicted octanol–water partition coefficient (Wildman–Crippen LogP) is 3.32. The van der Waals surface area contributed by atoms with Crippen molar-refractivity contribution >= 4 is 51.5 Å². The van der Waals surface area contributed by atoms with E-state index in [2.05, 4.69) is 30.8 Å². The first-order chi connectivity index (χ1) is 18.9. The van der Waals surface area contributed by atoms with Gasteiger partial charge in [-0.15, -0.1) is 11.3 Å². The molecule has 0 spiro atoms. The molecule has 1 aliphatic rings. The summed E-state index contributed by atoms with van der Waals surface area (Å²) in [4.78, 5) is 37.7. The number of thiazole rings is 1. The maximum absolute atomic E-state index is 13.3. The number of hydrogen-bond donors (Lipinski definition) is 6. The van der Waals surface area contributed by atoms with Gasteiger partial charge in [0.1, 0.15) is 21.7 Å². The molecule has 1 saturated carbocycles. The molecule has 3 heterocycles. The van der Waals surface area contributed by atoms with Gasteiger partial charge in [-0.2, -0.15) is 5.10 Å². The van der Waals surface area contributed by atoms with Crippen LogP contribution >= 0.6 is 22.9 Å². The van der Waals surface area contributed by atoms with Crippen LogP contribution in [0.1, 0.15) is 49.0 Å². The Morgan fingerprint density at radius 1 is 1.23 bits per heavy atom. The number of anilines is 1. The summed E-state index contributed by atoms with van der Waals surface area (Å²) in [5.41, 5.74) is 13.8. The van der Waals surface area contributed by atoms with Gasteiger partial charge in [0.2, 0.25) is 11.8 Å². The van der Waals surface area contributed by atoms with E-state index in [1.807, 2.05) is 23.6 Å². The van der Waals surface area contributed by atoms with Crippen molar-refractivity contribution in [3.05, 3.63) is 45.8 Å². The summed E-state index contributed by atoms with van der Waals surface area (Å²) < 4.78 is 0. The molecule has 4 aromatic rings. The highest BCUT2D eigenvalue weighted by Gasteiger charge is 2.29. The van der Waals surface area contributed by atoms with E-state index in [1.165, 1.54) is 11.3 Å². The van der Waals surface area contributed by atoms with Crippen LogP contribution in [0.25, 0.3) is 22.2 Å². The number of imidazole rings is 1. The topological polar surface area (TPSA) is 180 Å². The van der Waals surface area contributed by atoms with Crippen molar-refractivity contribution in [2.75, 3.05) is 18.8 Å². The number of nitrogens with one attached hydrogen (secondary N) is 4. The molecule has 0 aliphatic heterocycles. The third kappa shape index (κ3) is 6.40. The SMILES string of the molecule is NCC1CCC(C(=O)NC(CCNC(=O)Cc2nccs2)c2nc(-c3ccc4c(N)n[nH]c4c3)c(Cl)[nH]2)CC1. The molecule has 1 fully saturated rings. The van der Waals surface area contributed by atoms with Gasteiger partial charge in [-0.1, -0.05) is 17.7 Å². The number of fused-ring (bicyclic) bond motifs is 1. The van der Waals surface area contributed by atoms with Gasteiger partial charge in [0.05, 0.1) is 18.0 Å². The summed E-state index contributed by atoms with van der Waals surface area (Å²) in [5, 5.41) is 16.8. The molecule has 1 aliphatic carbocycles. The quantitative estimate of drug-likeness (QED) is 0.169. The molecular formula is C26H32ClN9O2S. The number of halogens is 1. The number of benzene rings is 1. The van der Waals surface area contributed by atoms with E-state index in [0.717, 1.165) is 47.2 Å². The average Bonchev–Trinajstić information content (AvgIpc) is 3.68. The molecule has 206 valence electrons. The molecule has 1 unspecified atom stereocenters. The minimum absolute atomic E-state index is 0.0204. The summed E-state index contributed by atoms with van der Waals surface area (Å²) in [6.07, 6.45) is 5.85. The zero-order valence-electron chi connectivity index (χ0n) is 21.4. The highest BCUT2D eigenvalue weighted by atomic mass is 35.5. The lowest BCUT2D eigenvalue weighted by Crippen LogP contribution is -2.38. The van der Waals surface area contributed by atoms with Crippen LogP contribution in [0, 0.1) is 11.8 Å². The molecule has 0 bridgehead atoms. The lowest BCUT2D eigenvalue weighted by Gasteiger charge is -2.28. The van der Waals surface area contributed by atoms with E-state index < -0.39 is 6.04 Å². The summed E-state index contributed by atoms with van der Waals surface area (Å²) in [6.45, 7) is 1.00. The number of nitrogen functional groups attached to an aromatic ring is 1. The van der Waals surface area contributed by atoms with Gasteiger partial charge in [-0.05, 0) is 56.7 Å². The summed E-state index contributed by atoms with van der Waals surface area (Å²) in [5.74, 6) is 1.20. The Kier molecular flexibility index (Phi) is 8.44. The third-order valence-electron chi connectivity index (χ3n) is 7.29. The second-order valence-corrected chi connectivity index (χ2v) is 11.3. The number of nitrogens with zero attached hydrogens (tertiary/aromatic N) is 3. The summed E-state index contributed by atoms with van der Waals surface area (Å²) >= 11 is 8.03. The monoisotopic (exact) mass is 569 g/mol. The molecule has 39 heavy (non-hydrogen) atoms. The molecule has 3 aromatic heterocycles. The first-order valence-electron chi connectivity index (χ1n) is 13.1. The lowest BCUT2D eigenvalue weighted by atomic mass is 9.81. The number of carbonyl (C=O) groups excluding carboxylic acids is 2. The fourth-order valence-electron chi connectivity index (χ4n) is 5.04. The predicted molar refractivity (Wildman–Crippen MR) is 152 cm³/mol. The average molecular weight is 570 g/mol. The van der Waals surface area contributed by atoms with E-state index in [4.69, 9.17) is 28.1 Å². The second-order valence-electron chi connectivity index (χ2n) is 9.91. The molecule has 13 heteroatoms. The maximum atomic E-state index is 13.3. The number of hydrogen-bond acceptors (Lipinski definition) is 8. The molecule has 5 rings (SSSR count). The van der Waals surface area contributed by atoms with Gasteiger partial charge in [0.15, 0.2) is 5.82 Å². The maximum Gasteiger partial charge on any atom is 0.226 e. The van der Waals surface area contributed by atoms with Crippen molar-refractivity contribution in [1.82, 2.24) is 35.8 Å². The van der Waals surface area contributed by atoms with Crippen molar-refractivity contribution in [2.45, 2.75) is 44.6 Å². The largest absolute Gasteiger partial charge is 0.382 e. The van der Waals surface area contributed by atoms with Gasteiger partial charge in [-0.25, -0.2) is 9.97 Å². The van der Waals surface area contributed by atoms with Gasteiger partial charge in [0, 0.05) is 35.0 Å². The minimum atomic E-state index is -0.470.